The fourth-order valence-electron chi connectivity index (χ4n) is 2.70. The molecule has 5 heteroatoms. The molecule has 5 nitrogen and oxygen atoms in total. The second-order valence-corrected chi connectivity index (χ2v) is 7.29. The van der Waals surface area contributed by atoms with Gasteiger partial charge in [0.15, 0.2) is 0 Å². The summed E-state index contributed by atoms with van der Waals surface area (Å²) in [6.07, 6.45) is 9.81. The molecule has 0 aliphatic carbocycles. The number of esters is 2. The lowest BCUT2D eigenvalue weighted by atomic mass is 10.1. The van der Waals surface area contributed by atoms with E-state index in [0.717, 1.165) is 44.3 Å². The van der Waals surface area contributed by atoms with Crippen molar-refractivity contribution in [2.75, 3.05) is 13.2 Å². The summed E-state index contributed by atoms with van der Waals surface area (Å²) in [5, 5.41) is 0. The van der Waals surface area contributed by atoms with Gasteiger partial charge in [-0.3, -0.25) is 4.79 Å². The van der Waals surface area contributed by atoms with Crippen LogP contribution in [0.4, 0.5) is 0 Å². The summed E-state index contributed by atoms with van der Waals surface area (Å²) in [6.45, 7) is 8.43. The lowest BCUT2D eigenvalue weighted by Crippen LogP contribution is -2.07. The zero-order valence-electron chi connectivity index (χ0n) is 18.0. The highest BCUT2D eigenvalue weighted by molar-refractivity contribution is 5.86. The van der Waals surface area contributed by atoms with Gasteiger partial charge in [0.25, 0.3) is 0 Å². The Morgan fingerprint density at radius 1 is 0.828 bits per heavy atom. The molecule has 0 unspecified atom stereocenters. The van der Waals surface area contributed by atoms with Crippen molar-refractivity contribution in [3.63, 3.8) is 0 Å². The van der Waals surface area contributed by atoms with Gasteiger partial charge in [0.05, 0.1) is 13.2 Å². The molecule has 29 heavy (non-hydrogen) atoms. The summed E-state index contributed by atoms with van der Waals surface area (Å²) in [4.78, 5) is 23.1. The van der Waals surface area contributed by atoms with Gasteiger partial charge in [0, 0.05) is 12.0 Å². The van der Waals surface area contributed by atoms with Crippen LogP contribution in [0.1, 0.15) is 78.1 Å². The third-order valence-corrected chi connectivity index (χ3v) is 4.43. The van der Waals surface area contributed by atoms with Crippen molar-refractivity contribution in [3.05, 3.63) is 36.4 Å². The number of rotatable bonds is 16. The Labute approximate surface area is 175 Å². The van der Waals surface area contributed by atoms with Crippen LogP contribution in [-0.2, 0) is 14.3 Å². The zero-order chi connectivity index (χ0) is 21.3. The van der Waals surface area contributed by atoms with Crippen molar-refractivity contribution in [2.45, 2.75) is 78.1 Å². The number of unbranched alkanes of at least 4 members (excludes halogenated alkanes) is 7. The van der Waals surface area contributed by atoms with Crippen molar-refractivity contribution in [3.8, 4) is 11.5 Å². The molecule has 0 heterocycles. The molecule has 1 rings (SSSR count). The molecular formula is C24H36O5. The maximum absolute atomic E-state index is 11.8. The van der Waals surface area contributed by atoms with Crippen LogP contribution in [0.25, 0.3) is 0 Å². The first-order valence-corrected chi connectivity index (χ1v) is 10.8. The standard InChI is InChI=1S/C24H36O5/c1-4-5-6-7-10-13-23(25)29-22-16-14-21(15-17-22)27-18-11-8-9-12-19-28-24(26)20(2)3/h14-17H,2,4-13,18-19H2,1,3H3. The van der Waals surface area contributed by atoms with Crippen molar-refractivity contribution in [2.24, 2.45) is 0 Å². The SMILES string of the molecule is C=C(C)C(=O)OCCCCCCOc1ccc(OC(=O)CCCCCCC)cc1. The molecule has 0 aliphatic heterocycles. The molecule has 1 aromatic rings. The average Bonchev–Trinajstić information content (AvgIpc) is 2.70. The minimum Gasteiger partial charge on any atom is -0.494 e. The molecule has 0 saturated heterocycles. The van der Waals surface area contributed by atoms with Gasteiger partial charge in [-0.2, -0.15) is 0 Å². The molecule has 1 aromatic carbocycles. The molecule has 0 amide bonds. The first-order chi connectivity index (χ1) is 14.0. The lowest BCUT2D eigenvalue weighted by molar-refractivity contribution is -0.139. The molecule has 0 bridgehead atoms. The molecule has 0 N–H and O–H groups in total. The van der Waals surface area contributed by atoms with Crippen molar-refractivity contribution < 1.29 is 23.8 Å². The third-order valence-electron chi connectivity index (χ3n) is 4.43. The van der Waals surface area contributed by atoms with E-state index < -0.39 is 0 Å². The fraction of sp³-hybridized carbons (Fsp3) is 0.583. The molecular weight excluding hydrogens is 368 g/mol. The highest BCUT2D eigenvalue weighted by Crippen LogP contribution is 2.19. The Bertz CT molecular complexity index is 606. The minimum atomic E-state index is -0.325. The van der Waals surface area contributed by atoms with E-state index in [2.05, 4.69) is 13.5 Å². The van der Waals surface area contributed by atoms with Crippen molar-refractivity contribution >= 4 is 11.9 Å². The Kier molecular flexibility index (Phi) is 13.3. The van der Waals surface area contributed by atoms with Crippen molar-refractivity contribution in [1.29, 1.82) is 0 Å². The molecule has 162 valence electrons. The summed E-state index contributed by atoms with van der Waals surface area (Å²) in [5.74, 6) is 0.818. The molecule has 0 aliphatic rings. The third kappa shape index (κ3) is 12.7. The van der Waals surface area contributed by atoms with Gasteiger partial charge in [-0.05, 0) is 63.3 Å². The molecule has 0 fully saturated rings. The predicted octanol–water partition coefficient (Wildman–Crippen LogP) is 6.01. The number of ether oxygens (including phenoxy) is 3. The van der Waals surface area contributed by atoms with Crippen LogP contribution in [0.2, 0.25) is 0 Å². The van der Waals surface area contributed by atoms with Crippen LogP contribution in [-0.4, -0.2) is 25.2 Å². The Morgan fingerprint density at radius 3 is 2.07 bits per heavy atom. The zero-order valence-corrected chi connectivity index (χ0v) is 18.0. The fourth-order valence-corrected chi connectivity index (χ4v) is 2.70. The van der Waals surface area contributed by atoms with Crippen LogP contribution >= 0.6 is 0 Å². The summed E-state index contributed by atoms with van der Waals surface area (Å²) in [5.41, 5.74) is 0.432. The highest BCUT2D eigenvalue weighted by atomic mass is 16.5. The summed E-state index contributed by atoms with van der Waals surface area (Å²) >= 11 is 0. The van der Waals surface area contributed by atoms with E-state index in [1.54, 1.807) is 19.1 Å². The maximum atomic E-state index is 11.8. The number of carbonyl (C=O) groups excluding carboxylic acids is 2. The smallest absolute Gasteiger partial charge is 0.333 e. The summed E-state index contributed by atoms with van der Waals surface area (Å²) in [7, 11) is 0. The second-order valence-electron chi connectivity index (χ2n) is 7.29. The van der Waals surface area contributed by atoms with E-state index >= 15 is 0 Å². The van der Waals surface area contributed by atoms with Crippen LogP contribution in [0.5, 0.6) is 11.5 Å². The van der Waals surface area contributed by atoms with E-state index in [-0.39, 0.29) is 11.9 Å². The molecule has 0 spiro atoms. The van der Waals surface area contributed by atoms with E-state index in [4.69, 9.17) is 14.2 Å². The summed E-state index contributed by atoms with van der Waals surface area (Å²) in [6, 6.07) is 7.17. The number of carbonyl (C=O) groups is 2. The van der Waals surface area contributed by atoms with E-state index in [1.165, 1.54) is 19.3 Å². The van der Waals surface area contributed by atoms with Crippen LogP contribution in [0.3, 0.4) is 0 Å². The maximum Gasteiger partial charge on any atom is 0.333 e. The summed E-state index contributed by atoms with van der Waals surface area (Å²) < 4.78 is 16.1. The van der Waals surface area contributed by atoms with E-state index in [9.17, 15) is 9.59 Å². The highest BCUT2D eigenvalue weighted by Gasteiger charge is 2.05. The first-order valence-electron chi connectivity index (χ1n) is 10.8. The van der Waals surface area contributed by atoms with Gasteiger partial charge < -0.3 is 14.2 Å². The Balaban J connectivity index is 2.08. The van der Waals surface area contributed by atoms with Gasteiger partial charge in [-0.15, -0.1) is 0 Å². The topological polar surface area (TPSA) is 61.8 Å². The van der Waals surface area contributed by atoms with Gasteiger partial charge in [-0.25, -0.2) is 4.79 Å². The number of hydrogen-bond acceptors (Lipinski definition) is 5. The Hall–Kier alpha value is -2.30. The second kappa shape index (κ2) is 15.6. The van der Waals surface area contributed by atoms with Gasteiger partial charge in [-0.1, -0.05) is 39.2 Å². The van der Waals surface area contributed by atoms with Gasteiger partial charge >= 0.3 is 11.9 Å². The number of benzene rings is 1. The van der Waals surface area contributed by atoms with Gasteiger partial charge in [0.2, 0.25) is 0 Å². The molecule has 0 saturated carbocycles. The number of hydrogen-bond donors (Lipinski definition) is 0. The van der Waals surface area contributed by atoms with Crippen LogP contribution in [0, 0.1) is 0 Å². The largest absolute Gasteiger partial charge is 0.494 e. The first kappa shape index (κ1) is 24.7. The van der Waals surface area contributed by atoms with Crippen LogP contribution in [0.15, 0.2) is 36.4 Å². The normalized spacial score (nSPS) is 10.4. The quantitative estimate of drug-likeness (QED) is 0.146. The minimum absolute atomic E-state index is 0.177. The molecule has 0 aromatic heterocycles. The predicted molar refractivity (Wildman–Crippen MR) is 115 cm³/mol. The van der Waals surface area contributed by atoms with Crippen LogP contribution < -0.4 is 9.47 Å². The van der Waals surface area contributed by atoms with Gasteiger partial charge in [0.1, 0.15) is 11.5 Å². The average molecular weight is 405 g/mol. The van der Waals surface area contributed by atoms with E-state index in [1.807, 2.05) is 12.1 Å². The lowest BCUT2D eigenvalue weighted by Gasteiger charge is -2.08. The molecule has 0 atom stereocenters. The monoisotopic (exact) mass is 404 g/mol. The van der Waals surface area contributed by atoms with E-state index in [0.29, 0.717) is 31.0 Å². The molecule has 0 radical (unpaired) electrons. The van der Waals surface area contributed by atoms with Crippen molar-refractivity contribution in [1.82, 2.24) is 0 Å². The Morgan fingerprint density at radius 2 is 1.41 bits per heavy atom.